The Hall–Kier alpha value is -3.44. The average Bonchev–Trinajstić information content (AvgIpc) is 2.78. The number of hydrogen-bond donors (Lipinski definition) is 1. The number of nitriles is 1. The van der Waals surface area contributed by atoms with Crippen LogP contribution in [0, 0.1) is 11.3 Å². The monoisotopic (exact) mass is 498 g/mol. The number of ether oxygens (including phenoxy) is 4. The van der Waals surface area contributed by atoms with E-state index in [1.807, 2.05) is 30.3 Å². The molecule has 1 aliphatic rings. The highest BCUT2D eigenvalue weighted by Gasteiger charge is 2.37. The van der Waals surface area contributed by atoms with Gasteiger partial charge in [-0.15, -0.1) is 0 Å². The number of carbonyl (C=O) groups is 1. The van der Waals surface area contributed by atoms with Crippen molar-refractivity contribution >= 4 is 21.9 Å². The third-order valence-electron chi connectivity index (χ3n) is 4.91. The number of methoxy groups -OCH3 is 1. The first-order chi connectivity index (χ1) is 15.4. The maximum atomic E-state index is 12.7. The van der Waals surface area contributed by atoms with Gasteiger partial charge in [0.15, 0.2) is 11.5 Å². The van der Waals surface area contributed by atoms with Gasteiger partial charge < -0.3 is 24.7 Å². The molecule has 1 unspecified atom stereocenters. The molecule has 32 heavy (non-hydrogen) atoms. The Morgan fingerprint density at radius 1 is 1.28 bits per heavy atom. The SMILES string of the molecule is CCOC(=O)C1=C(C)OC(N)=C(C#N)C1c1cc(Br)c(OCc2ccccc2)c(OC)c1. The number of halogens is 1. The number of esters is 1. The Bertz CT molecular complexity index is 1120. The first-order valence-corrected chi connectivity index (χ1v) is 10.7. The highest BCUT2D eigenvalue weighted by molar-refractivity contribution is 9.10. The van der Waals surface area contributed by atoms with Crippen LogP contribution in [0.15, 0.2) is 69.7 Å². The second-order valence-corrected chi connectivity index (χ2v) is 7.78. The van der Waals surface area contributed by atoms with Gasteiger partial charge in [0.1, 0.15) is 24.0 Å². The van der Waals surface area contributed by atoms with Gasteiger partial charge in [-0.2, -0.15) is 5.26 Å². The van der Waals surface area contributed by atoms with Crippen LogP contribution in [-0.2, 0) is 20.9 Å². The zero-order valence-corrected chi connectivity index (χ0v) is 19.6. The highest BCUT2D eigenvalue weighted by atomic mass is 79.9. The summed E-state index contributed by atoms with van der Waals surface area (Å²) in [5.41, 5.74) is 7.91. The molecule has 1 heterocycles. The van der Waals surface area contributed by atoms with E-state index in [4.69, 9.17) is 24.7 Å². The summed E-state index contributed by atoms with van der Waals surface area (Å²) in [6, 6.07) is 15.3. The summed E-state index contributed by atoms with van der Waals surface area (Å²) < 4.78 is 22.8. The minimum atomic E-state index is -0.777. The summed E-state index contributed by atoms with van der Waals surface area (Å²) in [5.74, 6) is -0.183. The number of rotatable bonds is 7. The number of nitrogens with two attached hydrogens (primary N) is 1. The maximum Gasteiger partial charge on any atom is 0.338 e. The third kappa shape index (κ3) is 4.73. The number of nitrogens with zero attached hydrogens (tertiary/aromatic N) is 1. The lowest BCUT2D eigenvalue weighted by Crippen LogP contribution is -2.25. The molecule has 1 atom stereocenters. The molecule has 0 bridgehead atoms. The number of carbonyl (C=O) groups excluding carboxylic acids is 1. The molecule has 0 aliphatic carbocycles. The smallest absolute Gasteiger partial charge is 0.338 e. The fraction of sp³-hybridized carbons (Fsp3) is 0.250. The van der Waals surface area contributed by atoms with Crippen molar-refractivity contribution in [2.24, 2.45) is 5.73 Å². The van der Waals surface area contributed by atoms with Crippen LogP contribution >= 0.6 is 15.9 Å². The molecule has 2 aromatic rings. The minimum absolute atomic E-state index is 0.0532. The van der Waals surface area contributed by atoms with Gasteiger partial charge in [0.2, 0.25) is 5.88 Å². The van der Waals surface area contributed by atoms with Gasteiger partial charge >= 0.3 is 5.97 Å². The largest absolute Gasteiger partial charge is 0.493 e. The first-order valence-electron chi connectivity index (χ1n) is 9.90. The summed E-state index contributed by atoms with van der Waals surface area (Å²) in [6.07, 6.45) is 0. The van der Waals surface area contributed by atoms with Crippen molar-refractivity contribution < 1.29 is 23.7 Å². The van der Waals surface area contributed by atoms with E-state index in [-0.39, 0.29) is 29.4 Å². The summed E-state index contributed by atoms with van der Waals surface area (Å²) in [4.78, 5) is 12.7. The van der Waals surface area contributed by atoms with Crippen molar-refractivity contribution in [1.82, 2.24) is 0 Å². The van der Waals surface area contributed by atoms with Gasteiger partial charge in [0.25, 0.3) is 0 Å². The Balaban J connectivity index is 2.05. The van der Waals surface area contributed by atoms with Gasteiger partial charge in [-0.05, 0) is 53.0 Å². The highest BCUT2D eigenvalue weighted by Crippen LogP contribution is 2.45. The van der Waals surface area contributed by atoms with Crippen LogP contribution in [0.25, 0.3) is 0 Å². The Kier molecular flexibility index (Phi) is 7.44. The van der Waals surface area contributed by atoms with Crippen LogP contribution < -0.4 is 15.2 Å². The quantitative estimate of drug-likeness (QED) is 0.552. The lowest BCUT2D eigenvalue weighted by atomic mass is 9.83. The second kappa shape index (κ2) is 10.2. The summed E-state index contributed by atoms with van der Waals surface area (Å²) in [7, 11) is 1.52. The summed E-state index contributed by atoms with van der Waals surface area (Å²) in [6.45, 7) is 3.85. The molecule has 166 valence electrons. The molecule has 0 spiro atoms. The molecule has 8 heteroatoms. The standard InChI is InChI=1S/C24H23BrN2O5/c1-4-30-24(28)20-14(2)32-23(27)17(12-26)21(20)16-10-18(25)22(19(11-16)29-3)31-13-15-8-6-5-7-9-15/h5-11,21H,4,13,27H2,1-3H3. The molecule has 2 aromatic carbocycles. The Morgan fingerprint density at radius 3 is 2.62 bits per heavy atom. The lowest BCUT2D eigenvalue weighted by molar-refractivity contribution is -0.139. The predicted octanol–water partition coefficient (Wildman–Crippen LogP) is 4.68. The molecule has 0 aromatic heterocycles. The van der Waals surface area contributed by atoms with Crippen molar-refractivity contribution in [3.63, 3.8) is 0 Å². The van der Waals surface area contributed by atoms with Crippen molar-refractivity contribution in [3.8, 4) is 17.6 Å². The molecule has 0 radical (unpaired) electrons. The zero-order valence-electron chi connectivity index (χ0n) is 18.0. The maximum absolute atomic E-state index is 12.7. The van der Waals surface area contributed by atoms with E-state index < -0.39 is 11.9 Å². The fourth-order valence-corrected chi connectivity index (χ4v) is 4.04. The molecule has 3 rings (SSSR count). The van der Waals surface area contributed by atoms with Gasteiger partial charge in [0.05, 0.1) is 29.7 Å². The average molecular weight is 499 g/mol. The summed E-state index contributed by atoms with van der Waals surface area (Å²) in [5, 5.41) is 9.76. The number of benzene rings is 2. The minimum Gasteiger partial charge on any atom is -0.493 e. The molecule has 0 amide bonds. The van der Waals surface area contributed by atoms with E-state index in [0.29, 0.717) is 28.1 Å². The van der Waals surface area contributed by atoms with E-state index in [9.17, 15) is 10.1 Å². The van der Waals surface area contributed by atoms with Gasteiger partial charge in [-0.3, -0.25) is 0 Å². The van der Waals surface area contributed by atoms with E-state index >= 15 is 0 Å². The van der Waals surface area contributed by atoms with E-state index in [2.05, 4.69) is 22.0 Å². The van der Waals surface area contributed by atoms with E-state index in [0.717, 1.165) is 5.56 Å². The Labute approximate surface area is 195 Å². The predicted molar refractivity (Wildman–Crippen MR) is 121 cm³/mol. The van der Waals surface area contributed by atoms with Crippen LogP contribution in [0.3, 0.4) is 0 Å². The van der Waals surface area contributed by atoms with Crippen molar-refractivity contribution in [2.45, 2.75) is 26.4 Å². The van der Waals surface area contributed by atoms with Crippen molar-refractivity contribution in [1.29, 1.82) is 5.26 Å². The fourth-order valence-electron chi connectivity index (χ4n) is 3.46. The van der Waals surface area contributed by atoms with Gasteiger partial charge in [-0.25, -0.2) is 4.79 Å². The molecular weight excluding hydrogens is 476 g/mol. The first kappa shape index (κ1) is 23.2. The topological polar surface area (TPSA) is 104 Å². The second-order valence-electron chi connectivity index (χ2n) is 6.92. The van der Waals surface area contributed by atoms with Crippen LogP contribution in [0.5, 0.6) is 11.5 Å². The zero-order chi connectivity index (χ0) is 23.3. The Morgan fingerprint density at radius 2 is 2.00 bits per heavy atom. The third-order valence-corrected chi connectivity index (χ3v) is 5.50. The number of hydrogen-bond acceptors (Lipinski definition) is 7. The van der Waals surface area contributed by atoms with Gasteiger partial charge in [-0.1, -0.05) is 30.3 Å². The molecule has 0 saturated carbocycles. The normalized spacial score (nSPS) is 15.7. The van der Waals surface area contributed by atoms with Crippen LogP contribution in [0.2, 0.25) is 0 Å². The lowest BCUT2D eigenvalue weighted by Gasteiger charge is -2.27. The van der Waals surface area contributed by atoms with Crippen LogP contribution in [0.1, 0.15) is 30.9 Å². The van der Waals surface area contributed by atoms with Gasteiger partial charge in [0, 0.05) is 0 Å². The van der Waals surface area contributed by atoms with E-state index in [1.165, 1.54) is 7.11 Å². The molecule has 0 saturated heterocycles. The van der Waals surface area contributed by atoms with Crippen molar-refractivity contribution in [2.75, 3.05) is 13.7 Å². The molecular formula is C24H23BrN2O5. The van der Waals surface area contributed by atoms with E-state index in [1.54, 1.807) is 26.0 Å². The number of allylic oxidation sites excluding steroid dienone is 2. The molecule has 7 nitrogen and oxygen atoms in total. The van der Waals surface area contributed by atoms with Crippen molar-refractivity contribution in [3.05, 3.63) is 80.9 Å². The van der Waals surface area contributed by atoms with Crippen LogP contribution in [-0.4, -0.2) is 19.7 Å². The molecule has 1 aliphatic heterocycles. The molecule has 0 fully saturated rings. The summed E-state index contributed by atoms with van der Waals surface area (Å²) >= 11 is 3.54. The van der Waals surface area contributed by atoms with Crippen LogP contribution in [0.4, 0.5) is 0 Å². The molecule has 2 N–H and O–H groups in total.